The van der Waals surface area contributed by atoms with Gasteiger partial charge in [-0.1, -0.05) is 20.1 Å². The molecule has 0 unspecified atom stereocenters. The van der Waals surface area contributed by atoms with E-state index in [0.29, 0.717) is 12.0 Å². The summed E-state index contributed by atoms with van der Waals surface area (Å²) in [7, 11) is 1.66. The molecule has 2 heteroatoms. The Morgan fingerprint density at radius 3 is 2.50 bits per heavy atom. The minimum absolute atomic E-state index is 0.0579. The minimum Gasteiger partial charge on any atom is -0.319 e. The van der Waals surface area contributed by atoms with Gasteiger partial charge >= 0.3 is 0 Å². The molecule has 0 N–H and O–H groups in total. The molecular formula is C8H13NO. The first-order chi connectivity index (χ1) is 4.63. The van der Waals surface area contributed by atoms with Crippen molar-refractivity contribution in [1.29, 1.82) is 0 Å². The van der Waals surface area contributed by atoms with E-state index in [9.17, 15) is 4.79 Å². The average molecular weight is 139 g/mol. The number of hydrogen-bond acceptors (Lipinski definition) is 1. The minimum atomic E-state index is -0.0579. The summed E-state index contributed by atoms with van der Waals surface area (Å²) in [5.74, 6) is -0.0579. The summed E-state index contributed by atoms with van der Waals surface area (Å²) in [6.45, 7) is 8.97. The highest BCUT2D eigenvalue weighted by molar-refractivity contribution is 5.93. The van der Waals surface area contributed by atoms with Gasteiger partial charge in [-0.15, -0.1) is 0 Å². The van der Waals surface area contributed by atoms with Crippen LogP contribution in [0.4, 0.5) is 0 Å². The van der Waals surface area contributed by atoms with Crippen molar-refractivity contribution in [3.05, 3.63) is 24.9 Å². The Morgan fingerprint density at radius 2 is 2.20 bits per heavy atom. The number of likely N-dealkylation sites (N-methyl/N-ethyl adjacent to an activating group) is 1. The van der Waals surface area contributed by atoms with Crippen LogP contribution in [0, 0.1) is 0 Å². The van der Waals surface area contributed by atoms with Crippen molar-refractivity contribution in [3.8, 4) is 0 Å². The average Bonchev–Trinajstić information content (AvgIpc) is 2.00. The second kappa shape index (κ2) is 3.88. The van der Waals surface area contributed by atoms with E-state index < -0.39 is 0 Å². The third-order valence-corrected chi connectivity index (χ3v) is 1.32. The molecule has 0 heterocycles. The molecule has 0 aromatic carbocycles. The van der Waals surface area contributed by atoms with Gasteiger partial charge in [-0.2, -0.15) is 0 Å². The number of carbonyl (C=O) groups excluding carboxylic acids is 1. The Labute approximate surface area is 61.8 Å². The van der Waals surface area contributed by atoms with Crippen molar-refractivity contribution in [2.75, 3.05) is 7.05 Å². The molecule has 0 spiro atoms. The van der Waals surface area contributed by atoms with E-state index in [1.165, 1.54) is 11.1 Å². The Bertz CT molecular complexity index is 161. The molecule has 0 radical (unpaired) electrons. The molecule has 10 heavy (non-hydrogen) atoms. The molecule has 0 aromatic heterocycles. The second-order valence-corrected chi connectivity index (χ2v) is 2.06. The molecule has 0 saturated carbocycles. The molecule has 2 nitrogen and oxygen atoms in total. The lowest BCUT2D eigenvalue weighted by Crippen LogP contribution is -2.21. The van der Waals surface area contributed by atoms with Crippen LogP contribution in [-0.2, 0) is 4.79 Å². The van der Waals surface area contributed by atoms with Crippen LogP contribution in [0.25, 0.3) is 0 Å². The largest absolute Gasteiger partial charge is 0.319 e. The first kappa shape index (κ1) is 8.95. The van der Waals surface area contributed by atoms with Crippen molar-refractivity contribution < 1.29 is 4.79 Å². The fourth-order valence-corrected chi connectivity index (χ4v) is 0.484. The fourth-order valence-electron chi connectivity index (χ4n) is 0.484. The Kier molecular flexibility index (Phi) is 3.47. The summed E-state index contributed by atoms with van der Waals surface area (Å²) in [6, 6.07) is 0. The van der Waals surface area contributed by atoms with Crippen molar-refractivity contribution >= 4 is 5.91 Å². The Balaban J connectivity index is 4.07. The van der Waals surface area contributed by atoms with Gasteiger partial charge in [0.15, 0.2) is 0 Å². The van der Waals surface area contributed by atoms with Gasteiger partial charge in [0.05, 0.1) is 0 Å². The van der Waals surface area contributed by atoms with Crippen LogP contribution >= 0.6 is 0 Å². The highest BCUT2D eigenvalue weighted by atomic mass is 16.2. The highest BCUT2D eigenvalue weighted by Crippen LogP contribution is 2.00. The smallest absolute Gasteiger partial charge is 0.252 e. The molecule has 0 aliphatic heterocycles. The summed E-state index contributed by atoms with van der Waals surface area (Å²) in [6.07, 6.45) is 2.17. The molecule has 0 atom stereocenters. The van der Waals surface area contributed by atoms with Crippen LogP contribution in [0.1, 0.15) is 13.3 Å². The first-order valence-electron chi connectivity index (χ1n) is 3.21. The maximum absolute atomic E-state index is 11.1. The summed E-state index contributed by atoms with van der Waals surface area (Å²) in [4.78, 5) is 12.5. The monoisotopic (exact) mass is 139 g/mol. The zero-order valence-electron chi connectivity index (χ0n) is 6.55. The Hall–Kier alpha value is -1.05. The zero-order chi connectivity index (χ0) is 8.15. The number of amides is 1. The summed E-state index contributed by atoms with van der Waals surface area (Å²) in [5, 5.41) is 0. The van der Waals surface area contributed by atoms with E-state index in [1.807, 2.05) is 6.92 Å². The number of hydrogen-bond donors (Lipinski definition) is 0. The van der Waals surface area contributed by atoms with Crippen LogP contribution in [-0.4, -0.2) is 17.9 Å². The molecule has 0 saturated heterocycles. The molecule has 0 aromatic rings. The van der Waals surface area contributed by atoms with E-state index >= 15 is 0 Å². The Morgan fingerprint density at radius 1 is 1.70 bits per heavy atom. The van der Waals surface area contributed by atoms with Gasteiger partial charge in [0, 0.05) is 12.6 Å². The molecule has 56 valence electrons. The van der Waals surface area contributed by atoms with Crippen molar-refractivity contribution in [2.45, 2.75) is 13.3 Å². The standard InChI is InChI=1S/C8H13NO/c1-5-7(3)8(10)9(4)6-2/h6H,2-3,5H2,1,4H3. The summed E-state index contributed by atoms with van der Waals surface area (Å²) < 4.78 is 0. The lowest BCUT2D eigenvalue weighted by Gasteiger charge is -2.11. The van der Waals surface area contributed by atoms with Crippen LogP contribution < -0.4 is 0 Å². The zero-order valence-corrected chi connectivity index (χ0v) is 6.55. The van der Waals surface area contributed by atoms with Crippen LogP contribution in [0.15, 0.2) is 24.9 Å². The van der Waals surface area contributed by atoms with Crippen LogP contribution in [0.5, 0.6) is 0 Å². The highest BCUT2D eigenvalue weighted by Gasteiger charge is 2.06. The topological polar surface area (TPSA) is 20.3 Å². The second-order valence-electron chi connectivity index (χ2n) is 2.06. The van der Waals surface area contributed by atoms with E-state index in [4.69, 9.17) is 0 Å². The van der Waals surface area contributed by atoms with E-state index in [0.717, 1.165) is 0 Å². The molecular weight excluding hydrogens is 126 g/mol. The summed E-state index contributed by atoms with van der Waals surface area (Å²) in [5.41, 5.74) is 0.613. The normalized spacial score (nSPS) is 8.60. The van der Waals surface area contributed by atoms with Gasteiger partial charge in [0.1, 0.15) is 0 Å². The lowest BCUT2D eigenvalue weighted by molar-refractivity contribution is -0.123. The van der Waals surface area contributed by atoms with Crippen molar-refractivity contribution in [2.24, 2.45) is 0 Å². The third kappa shape index (κ3) is 2.05. The van der Waals surface area contributed by atoms with Crippen molar-refractivity contribution in [3.63, 3.8) is 0 Å². The summed E-state index contributed by atoms with van der Waals surface area (Å²) >= 11 is 0. The van der Waals surface area contributed by atoms with E-state index in [2.05, 4.69) is 13.2 Å². The maximum atomic E-state index is 11.1. The van der Waals surface area contributed by atoms with Gasteiger partial charge in [-0.25, -0.2) is 0 Å². The quantitative estimate of drug-likeness (QED) is 0.543. The number of rotatable bonds is 3. The van der Waals surface area contributed by atoms with Crippen LogP contribution in [0.2, 0.25) is 0 Å². The maximum Gasteiger partial charge on any atom is 0.252 e. The molecule has 0 bridgehead atoms. The predicted molar refractivity (Wildman–Crippen MR) is 42.4 cm³/mol. The van der Waals surface area contributed by atoms with Gasteiger partial charge in [0.2, 0.25) is 0 Å². The van der Waals surface area contributed by atoms with Crippen molar-refractivity contribution in [1.82, 2.24) is 4.90 Å². The molecule has 1 amide bonds. The number of nitrogens with zero attached hydrogens (tertiary/aromatic N) is 1. The molecule has 0 aliphatic carbocycles. The SMILES string of the molecule is C=CN(C)C(=O)C(=C)CC. The van der Waals surface area contributed by atoms with Gasteiger partial charge in [-0.3, -0.25) is 4.79 Å². The van der Waals surface area contributed by atoms with Gasteiger partial charge in [-0.05, 0) is 12.6 Å². The predicted octanol–water partition coefficient (Wildman–Crippen LogP) is 1.55. The first-order valence-corrected chi connectivity index (χ1v) is 3.21. The fraction of sp³-hybridized carbons (Fsp3) is 0.375. The van der Waals surface area contributed by atoms with Gasteiger partial charge in [0.25, 0.3) is 5.91 Å². The van der Waals surface area contributed by atoms with E-state index in [1.54, 1.807) is 7.05 Å². The third-order valence-electron chi connectivity index (χ3n) is 1.32. The van der Waals surface area contributed by atoms with Gasteiger partial charge < -0.3 is 4.90 Å². The number of carbonyl (C=O) groups is 1. The molecule has 0 fully saturated rings. The molecule has 0 rings (SSSR count). The lowest BCUT2D eigenvalue weighted by atomic mass is 10.2. The molecule has 0 aliphatic rings. The van der Waals surface area contributed by atoms with E-state index in [-0.39, 0.29) is 5.91 Å². The van der Waals surface area contributed by atoms with Crippen LogP contribution in [0.3, 0.4) is 0 Å².